The second-order valence-electron chi connectivity index (χ2n) is 4.59. The third-order valence-electron chi connectivity index (χ3n) is 3.26. The molecule has 0 saturated heterocycles. The zero-order valence-electron chi connectivity index (χ0n) is 11.3. The highest BCUT2D eigenvalue weighted by atomic mass is 35.5. The van der Waals surface area contributed by atoms with Crippen molar-refractivity contribution in [3.63, 3.8) is 0 Å². The van der Waals surface area contributed by atoms with Gasteiger partial charge in [-0.1, -0.05) is 29.8 Å². The molecule has 1 N–H and O–H groups in total. The number of methoxy groups -OCH3 is 1. The van der Waals surface area contributed by atoms with Crippen molar-refractivity contribution in [3.05, 3.63) is 52.7 Å². The summed E-state index contributed by atoms with van der Waals surface area (Å²) in [5, 5.41) is 3.29. The Bertz CT molecular complexity index is 690. The van der Waals surface area contributed by atoms with E-state index < -0.39 is 0 Å². The fourth-order valence-corrected chi connectivity index (χ4v) is 2.43. The lowest BCUT2D eigenvalue weighted by atomic mass is 10.1. The number of nitrogens with one attached hydrogen (secondary N) is 1. The van der Waals surface area contributed by atoms with Gasteiger partial charge in [-0.15, -0.1) is 0 Å². The lowest BCUT2D eigenvalue weighted by molar-refractivity contribution is 0.0926. The number of hydrogen-bond donors (Lipinski definition) is 1. The van der Waals surface area contributed by atoms with Gasteiger partial charge in [0.25, 0.3) is 5.91 Å². The predicted molar refractivity (Wildman–Crippen MR) is 77.9 cm³/mol. The van der Waals surface area contributed by atoms with Crippen molar-refractivity contribution in [2.45, 2.75) is 6.04 Å². The van der Waals surface area contributed by atoms with E-state index in [1.165, 1.54) is 19.4 Å². The van der Waals surface area contributed by atoms with Crippen LogP contribution in [0.15, 0.2) is 36.5 Å². The molecule has 21 heavy (non-hydrogen) atoms. The maximum atomic E-state index is 12.4. The highest BCUT2D eigenvalue weighted by molar-refractivity contribution is 6.30. The van der Waals surface area contributed by atoms with Gasteiger partial charge in [0.2, 0.25) is 5.88 Å². The molecule has 0 aliphatic carbocycles. The highest BCUT2D eigenvalue weighted by Gasteiger charge is 2.26. The minimum absolute atomic E-state index is 0.197. The molecule has 1 unspecified atom stereocenters. The van der Waals surface area contributed by atoms with Crippen molar-refractivity contribution in [1.82, 2.24) is 10.3 Å². The molecule has 6 heteroatoms. The maximum Gasteiger partial charge on any atom is 0.257 e. The van der Waals surface area contributed by atoms with Crippen molar-refractivity contribution in [1.29, 1.82) is 0 Å². The maximum absolute atomic E-state index is 12.4. The number of pyridine rings is 1. The first-order valence-electron chi connectivity index (χ1n) is 6.41. The molecule has 1 amide bonds. The summed E-state index contributed by atoms with van der Waals surface area (Å²) in [6.45, 7) is 0.404. The van der Waals surface area contributed by atoms with Crippen LogP contribution in [0.4, 0.5) is 0 Å². The Morgan fingerprint density at radius 2 is 2.29 bits per heavy atom. The first-order chi connectivity index (χ1) is 10.2. The molecule has 1 aromatic carbocycles. The second-order valence-corrected chi connectivity index (χ2v) is 5.02. The van der Waals surface area contributed by atoms with Crippen LogP contribution >= 0.6 is 11.6 Å². The van der Waals surface area contributed by atoms with Gasteiger partial charge >= 0.3 is 0 Å². The molecule has 2 aromatic rings. The quantitative estimate of drug-likeness (QED) is 0.947. The molecule has 1 aromatic heterocycles. The van der Waals surface area contributed by atoms with Crippen LogP contribution in [-0.2, 0) is 0 Å². The molecule has 0 saturated carbocycles. The Balaban J connectivity index is 1.83. The molecule has 108 valence electrons. The van der Waals surface area contributed by atoms with E-state index in [-0.39, 0.29) is 17.8 Å². The summed E-state index contributed by atoms with van der Waals surface area (Å²) in [7, 11) is 1.46. The first kappa shape index (κ1) is 13.7. The number of carbonyl (C=O) groups is 1. The van der Waals surface area contributed by atoms with E-state index in [4.69, 9.17) is 21.1 Å². The lowest BCUT2D eigenvalue weighted by Crippen LogP contribution is -2.29. The van der Waals surface area contributed by atoms with E-state index in [0.29, 0.717) is 17.2 Å². The van der Waals surface area contributed by atoms with Gasteiger partial charge in [0.15, 0.2) is 0 Å². The summed E-state index contributed by atoms with van der Waals surface area (Å²) >= 11 is 5.89. The van der Waals surface area contributed by atoms with E-state index in [0.717, 1.165) is 11.3 Å². The molecule has 0 radical (unpaired) electrons. The van der Waals surface area contributed by atoms with Crippen LogP contribution in [0.5, 0.6) is 11.6 Å². The average molecular weight is 305 g/mol. The van der Waals surface area contributed by atoms with Gasteiger partial charge in [0.05, 0.1) is 18.2 Å². The Morgan fingerprint density at radius 3 is 3.10 bits per heavy atom. The first-order valence-corrected chi connectivity index (χ1v) is 6.79. The summed E-state index contributed by atoms with van der Waals surface area (Å²) in [5.74, 6) is 0.732. The van der Waals surface area contributed by atoms with Crippen molar-refractivity contribution in [3.8, 4) is 11.6 Å². The van der Waals surface area contributed by atoms with Crippen molar-refractivity contribution in [2.24, 2.45) is 0 Å². The topological polar surface area (TPSA) is 60.5 Å². The van der Waals surface area contributed by atoms with Crippen LogP contribution in [0.3, 0.4) is 0 Å². The van der Waals surface area contributed by atoms with Gasteiger partial charge in [0, 0.05) is 11.8 Å². The number of halogens is 1. The highest BCUT2D eigenvalue weighted by Crippen LogP contribution is 2.32. The summed E-state index contributed by atoms with van der Waals surface area (Å²) in [6, 6.07) is 8.95. The molecule has 3 rings (SSSR count). The van der Waals surface area contributed by atoms with Gasteiger partial charge < -0.3 is 14.8 Å². The van der Waals surface area contributed by atoms with Crippen molar-refractivity contribution >= 4 is 17.5 Å². The molecule has 2 heterocycles. The number of rotatable bonds is 3. The zero-order valence-corrected chi connectivity index (χ0v) is 12.1. The van der Waals surface area contributed by atoms with Crippen LogP contribution in [0, 0.1) is 0 Å². The smallest absolute Gasteiger partial charge is 0.257 e. The Labute approximate surface area is 126 Å². The van der Waals surface area contributed by atoms with E-state index in [1.807, 2.05) is 24.3 Å². The van der Waals surface area contributed by atoms with Gasteiger partial charge in [-0.05, 0) is 12.1 Å². The number of benzene rings is 1. The minimum atomic E-state index is -0.299. The Hall–Kier alpha value is -2.27. The Kier molecular flexibility index (Phi) is 3.66. The number of hydrogen-bond acceptors (Lipinski definition) is 4. The standard InChI is InChI=1S/C15H13ClN2O3/c1-20-15-11(6-9(16)7-17-15)14(19)18-12-8-21-13-5-3-2-4-10(12)13/h2-7,12H,8H2,1H3,(H,18,19). The van der Waals surface area contributed by atoms with Gasteiger partial charge in [0.1, 0.15) is 17.9 Å². The number of aromatic nitrogens is 1. The van der Waals surface area contributed by atoms with Crippen LogP contribution in [-0.4, -0.2) is 24.6 Å². The van der Waals surface area contributed by atoms with Crippen LogP contribution in [0.25, 0.3) is 0 Å². The monoisotopic (exact) mass is 304 g/mol. The number of amides is 1. The van der Waals surface area contributed by atoms with Crippen LogP contribution in [0.2, 0.25) is 5.02 Å². The van der Waals surface area contributed by atoms with E-state index in [2.05, 4.69) is 10.3 Å². The van der Waals surface area contributed by atoms with Crippen molar-refractivity contribution in [2.75, 3.05) is 13.7 Å². The number of carbonyl (C=O) groups excluding carboxylic acids is 1. The molecule has 1 aliphatic heterocycles. The normalized spacial score (nSPS) is 16.0. The molecular weight excluding hydrogens is 292 g/mol. The molecule has 5 nitrogen and oxygen atoms in total. The summed E-state index contributed by atoms with van der Waals surface area (Å²) < 4.78 is 10.6. The van der Waals surface area contributed by atoms with Crippen LogP contribution in [0.1, 0.15) is 22.0 Å². The SMILES string of the molecule is COc1ncc(Cl)cc1C(=O)NC1COc2ccccc21. The second kappa shape index (κ2) is 5.61. The number of para-hydroxylation sites is 1. The fourth-order valence-electron chi connectivity index (χ4n) is 2.27. The largest absolute Gasteiger partial charge is 0.491 e. The fraction of sp³-hybridized carbons (Fsp3) is 0.200. The summed E-state index contributed by atoms with van der Waals surface area (Å²) in [6.07, 6.45) is 1.44. The number of fused-ring (bicyclic) bond motifs is 1. The van der Waals surface area contributed by atoms with E-state index in [1.54, 1.807) is 0 Å². The molecule has 1 aliphatic rings. The lowest BCUT2D eigenvalue weighted by Gasteiger charge is -2.13. The molecule has 0 fully saturated rings. The molecule has 0 spiro atoms. The molecule has 0 bridgehead atoms. The van der Waals surface area contributed by atoms with Crippen molar-refractivity contribution < 1.29 is 14.3 Å². The van der Waals surface area contributed by atoms with Gasteiger partial charge in [-0.2, -0.15) is 0 Å². The Morgan fingerprint density at radius 1 is 1.48 bits per heavy atom. The summed E-state index contributed by atoms with van der Waals surface area (Å²) in [5.41, 5.74) is 1.26. The molecule has 1 atom stereocenters. The molecular formula is C15H13ClN2O3. The van der Waals surface area contributed by atoms with Gasteiger partial charge in [-0.3, -0.25) is 4.79 Å². The summed E-state index contributed by atoms with van der Waals surface area (Å²) in [4.78, 5) is 16.4. The van der Waals surface area contributed by atoms with Crippen LogP contribution < -0.4 is 14.8 Å². The zero-order chi connectivity index (χ0) is 14.8. The third kappa shape index (κ3) is 2.64. The average Bonchev–Trinajstić information content (AvgIpc) is 2.90. The minimum Gasteiger partial charge on any atom is -0.491 e. The number of ether oxygens (including phenoxy) is 2. The predicted octanol–water partition coefficient (Wildman–Crippen LogP) is 2.61. The number of nitrogens with zero attached hydrogens (tertiary/aromatic N) is 1. The third-order valence-corrected chi connectivity index (χ3v) is 3.47. The van der Waals surface area contributed by atoms with E-state index >= 15 is 0 Å². The van der Waals surface area contributed by atoms with E-state index in [9.17, 15) is 4.79 Å². The van der Waals surface area contributed by atoms with Gasteiger partial charge in [-0.25, -0.2) is 4.98 Å².